The standard InChI is InChI=1S/C12H15N3.C8H9F/c1-9-8-12(14-13-9)10-4-6-11(7-5-10)15(2)3;1-2-7-5-3-4-6-8(7)9/h4-8H,1-3H3,(H,13,14);3-6H,2H2,1H3. The molecule has 3 nitrogen and oxygen atoms in total. The number of halogens is 1. The van der Waals surface area contributed by atoms with Crippen LogP contribution in [-0.2, 0) is 6.42 Å². The van der Waals surface area contributed by atoms with E-state index in [0.29, 0.717) is 0 Å². The number of aromatic nitrogens is 2. The third-order valence-corrected chi connectivity index (χ3v) is 3.72. The second-order valence-corrected chi connectivity index (χ2v) is 5.82. The van der Waals surface area contributed by atoms with Crippen LogP contribution in [0.25, 0.3) is 11.3 Å². The van der Waals surface area contributed by atoms with Crippen LogP contribution in [-0.4, -0.2) is 24.3 Å². The van der Waals surface area contributed by atoms with Crippen LogP contribution in [0, 0.1) is 12.7 Å². The number of aromatic amines is 1. The molecule has 0 radical (unpaired) electrons. The quantitative estimate of drug-likeness (QED) is 0.747. The van der Waals surface area contributed by atoms with Crippen LogP contribution in [0.15, 0.2) is 54.6 Å². The molecule has 0 fully saturated rings. The van der Waals surface area contributed by atoms with Gasteiger partial charge in [0.05, 0.1) is 5.69 Å². The van der Waals surface area contributed by atoms with Crippen LogP contribution >= 0.6 is 0 Å². The lowest BCUT2D eigenvalue weighted by Gasteiger charge is -2.11. The van der Waals surface area contributed by atoms with Crippen LogP contribution in [0.3, 0.4) is 0 Å². The molecule has 0 aliphatic heterocycles. The first-order chi connectivity index (χ1) is 11.5. The zero-order valence-electron chi connectivity index (χ0n) is 14.7. The Morgan fingerprint density at radius 3 is 2.17 bits per heavy atom. The van der Waals surface area contributed by atoms with Crippen molar-refractivity contribution in [3.8, 4) is 11.3 Å². The number of aryl methyl sites for hydroxylation is 2. The molecule has 1 N–H and O–H groups in total. The summed E-state index contributed by atoms with van der Waals surface area (Å²) < 4.78 is 12.6. The zero-order valence-corrected chi connectivity index (χ0v) is 14.7. The molecule has 0 spiro atoms. The van der Waals surface area contributed by atoms with Gasteiger partial charge in [-0.05, 0) is 43.2 Å². The fraction of sp³-hybridized carbons (Fsp3) is 0.250. The number of hydrogen-bond acceptors (Lipinski definition) is 2. The Balaban J connectivity index is 0.000000198. The van der Waals surface area contributed by atoms with Gasteiger partial charge in [0.25, 0.3) is 0 Å². The monoisotopic (exact) mass is 325 g/mol. The molecule has 0 amide bonds. The Morgan fingerprint density at radius 1 is 1.04 bits per heavy atom. The Labute approximate surface area is 143 Å². The highest BCUT2D eigenvalue weighted by Gasteiger charge is 2.02. The van der Waals surface area contributed by atoms with E-state index >= 15 is 0 Å². The van der Waals surface area contributed by atoms with Crippen molar-refractivity contribution in [1.29, 1.82) is 0 Å². The predicted octanol–water partition coefficient (Wildman–Crippen LogP) is 4.84. The molecule has 1 heterocycles. The van der Waals surface area contributed by atoms with Gasteiger partial charge in [-0.2, -0.15) is 5.10 Å². The molecule has 0 atom stereocenters. The molecule has 0 aliphatic carbocycles. The zero-order chi connectivity index (χ0) is 17.5. The van der Waals surface area contributed by atoms with Crippen molar-refractivity contribution in [2.45, 2.75) is 20.3 Å². The number of benzene rings is 2. The molecule has 3 aromatic rings. The molecule has 3 rings (SSSR count). The normalized spacial score (nSPS) is 10.0. The second kappa shape index (κ2) is 8.29. The Kier molecular flexibility index (Phi) is 6.13. The number of nitrogens with one attached hydrogen (secondary N) is 1. The van der Waals surface area contributed by atoms with Gasteiger partial charge in [-0.15, -0.1) is 0 Å². The number of nitrogens with zero attached hydrogens (tertiary/aromatic N) is 2. The SMILES string of the molecule is CCc1ccccc1F.Cc1cc(-c2ccc(N(C)C)cc2)n[nH]1. The average Bonchev–Trinajstić information content (AvgIpc) is 3.02. The number of anilines is 1. The Hall–Kier alpha value is -2.62. The van der Waals surface area contributed by atoms with Crippen molar-refractivity contribution in [3.05, 3.63) is 71.7 Å². The smallest absolute Gasteiger partial charge is 0.126 e. The maximum atomic E-state index is 12.6. The molecule has 0 saturated carbocycles. The molecular weight excluding hydrogens is 301 g/mol. The first kappa shape index (κ1) is 17.7. The fourth-order valence-electron chi connectivity index (χ4n) is 2.28. The summed E-state index contributed by atoms with van der Waals surface area (Å²) in [5.41, 5.74) is 5.22. The van der Waals surface area contributed by atoms with Gasteiger partial charge in [-0.3, -0.25) is 5.10 Å². The summed E-state index contributed by atoms with van der Waals surface area (Å²) in [5.74, 6) is -0.0972. The van der Waals surface area contributed by atoms with E-state index in [-0.39, 0.29) is 5.82 Å². The summed E-state index contributed by atoms with van der Waals surface area (Å²) in [6, 6.07) is 17.3. The maximum Gasteiger partial charge on any atom is 0.126 e. The highest BCUT2D eigenvalue weighted by molar-refractivity contribution is 5.63. The van der Waals surface area contributed by atoms with Crippen LogP contribution in [0.1, 0.15) is 18.2 Å². The number of rotatable bonds is 3. The summed E-state index contributed by atoms with van der Waals surface area (Å²) in [6.45, 7) is 3.95. The first-order valence-corrected chi connectivity index (χ1v) is 8.04. The molecule has 0 unspecified atom stereocenters. The van der Waals surface area contributed by atoms with E-state index in [4.69, 9.17) is 0 Å². The van der Waals surface area contributed by atoms with Gasteiger partial charge in [0.2, 0.25) is 0 Å². The molecule has 0 aliphatic rings. The minimum Gasteiger partial charge on any atom is -0.378 e. The van der Waals surface area contributed by atoms with Crippen molar-refractivity contribution in [3.63, 3.8) is 0 Å². The molecule has 0 saturated heterocycles. The average molecular weight is 325 g/mol. The fourth-order valence-corrected chi connectivity index (χ4v) is 2.28. The van der Waals surface area contributed by atoms with Crippen LogP contribution < -0.4 is 4.90 Å². The van der Waals surface area contributed by atoms with Crippen molar-refractivity contribution in [1.82, 2.24) is 10.2 Å². The summed E-state index contributed by atoms with van der Waals surface area (Å²) in [6.07, 6.45) is 0.771. The van der Waals surface area contributed by atoms with E-state index in [9.17, 15) is 4.39 Å². The van der Waals surface area contributed by atoms with E-state index in [1.165, 1.54) is 11.8 Å². The van der Waals surface area contributed by atoms with Gasteiger partial charge in [-0.25, -0.2) is 4.39 Å². The minimum atomic E-state index is -0.0972. The number of H-pyrrole nitrogens is 1. The summed E-state index contributed by atoms with van der Waals surface area (Å²) in [4.78, 5) is 2.08. The van der Waals surface area contributed by atoms with Crippen molar-refractivity contribution in [2.24, 2.45) is 0 Å². The lowest BCUT2D eigenvalue weighted by molar-refractivity contribution is 0.612. The van der Waals surface area contributed by atoms with E-state index in [1.807, 2.05) is 40.1 Å². The van der Waals surface area contributed by atoms with E-state index in [2.05, 4.69) is 39.4 Å². The Bertz CT molecular complexity index is 761. The lowest BCUT2D eigenvalue weighted by Crippen LogP contribution is -2.07. The summed E-state index contributed by atoms with van der Waals surface area (Å²) in [7, 11) is 4.07. The van der Waals surface area contributed by atoms with Gasteiger partial charge >= 0.3 is 0 Å². The van der Waals surface area contributed by atoms with Gasteiger partial charge in [-0.1, -0.05) is 37.3 Å². The predicted molar refractivity (Wildman–Crippen MR) is 98.9 cm³/mol. The molecule has 126 valence electrons. The molecular formula is C20H24FN3. The van der Waals surface area contributed by atoms with Crippen molar-refractivity contribution >= 4 is 5.69 Å². The third-order valence-electron chi connectivity index (χ3n) is 3.72. The van der Waals surface area contributed by atoms with E-state index in [1.54, 1.807) is 12.1 Å². The maximum absolute atomic E-state index is 12.6. The van der Waals surface area contributed by atoms with Crippen molar-refractivity contribution < 1.29 is 4.39 Å². The van der Waals surface area contributed by atoms with E-state index < -0.39 is 0 Å². The molecule has 2 aromatic carbocycles. The van der Waals surface area contributed by atoms with Gasteiger partial charge in [0.15, 0.2) is 0 Å². The highest BCUT2D eigenvalue weighted by Crippen LogP contribution is 2.20. The number of hydrogen-bond donors (Lipinski definition) is 1. The minimum absolute atomic E-state index is 0.0972. The molecule has 0 bridgehead atoms. The van der Waals surface area contributed by atoms with Crippen molar-refractivity contribution in [2.75, 3.05) is 19.0 Å². The largest absolute Gasteiger partial charge is 0.378 e. The topological polar surface area (TPSA) is 31.9 Å². The summed E-state index contributed by atoms with van der Waals surface area (Å²) >= 11 is 0. The van der Waals surface area contributed by atoms with Crippen LogP contribution in [0.4, 0.5) is 10.1 Å². The molecule has 1 aromatic heterocycles. The van der Waals surface area contributed by atoms with Crippen LogP contribution in [0.5, 0.6) is 0 Å². The van der Waals surface area contributed by atoms with Gasteiger partial charge in [0.1, 0.15) is 5.82 Å². The lowest BCUT2D eigenvalue weighted by atomic mass is 10.1. The second-order valence-electron chi connectivity index (χ2n) is 5.82. The van der Waals surface area contributed by atoms with E-state index in [0.717, 1.165) is 28.9 Å². The summed E-state index contributed by atoms with van der Waals surface area (Å²) in [5, 5.41) is 7.17. The van der Waals surface area contributed by atoms with Crippen LogP contribution in [0.2, 0.25) is 0 Å². The molecule has 24 heavy (non-hydrogen) atoms. The first-order valence-electron chi connectivity index (χ1n) is 8.04. The Morgan fingerprint density at radius 2 is 1.71 bits per heavy atom. The van der Waals surface area contributed by atoms with Gasteiger partial charge in [0, 0.05) is 31.0 Å². The highest BCUT2D eigenvalue weighted by atomic mass is 19.1. The third kappa shape index (κ3) is 4.69. The van der Waals surface area contributed by atoms with Gasteiger partial charge < -0.3 is 4.90 Å². The molecule has 4 heteroatoms.